The van der Waals surface area contributed by atoms with Crippen molar-refractivity contribution in [2.45, 2.75) is 13.3 Å². The number of H-pyrrole nitrogens is 1. The van der Waals surface area contributed by atoms with Crippen LogP contribution < -0.4 is 15.6 Å². The second kappa shape index (κ2) is 6.43. The van der Waals surface area contributed by atoms with Gasteiger partial charge in [-0.05, 0) is 18.6 Å². The van der Waals surface area contributed by atoms with Gasteiger partial charge in [0.1, 0.15) is 17.0 Å². The SMILES string of the molecule is CCCOc1ccccc1-c1nc2nc(NC)ncc2c(=O)[nH]1. The van der Waals surface area contributed by atoms with Crippen molar-refractivity contribution >= 4 is 17.0 Å². The second-order valence-corrected chi connectivity index (χ2v) is 4.94. The third-order valence-corrected chi connectivity index (χ3v) is 3.29. The molecule has 3 aromatic rings. The van der Waals surface area contributed by atoms with E-state index in [1.54, 1.807) is 7.05 Å². The maximum atomic E-state index is 12.3. The number of nitrogens with one attached hydrogen (secondary N) is 2. The molecule has 0 saturated carbocycles. The number of hydrogen-bond donors (Lipinski definition) is 2. The zero-order valence-electron chi connectivity index (χ0n) is 13.0. The highest BCUT2D eigenvalue weighted by Gasteiger charge is 2.12. The molecule has 0 amide bonds. The van der Waals surface area contributed by atoms with Crippen molar-refractivity contribution in [3.05, 3.63) is 40.8 Å². The van der Waals surface area contributed by atoms with Gasteiger partial charge >= 0.3 is 0 Å². The largest absolute Gasteiger partial charge is 0.493 e. The molecule has 0 aliphatic heterocycles. The third-order valence-electron chi connectivity index (χ3n) is 3.29. The van der Waals surface area contributed by atoms with Crippen LogP contribution in [0.1, 0.15) is 13.3 Å². The number of ether oxygens (including phenoxy) is 1. The van der Waals surface area contributed by atoms with E-state index in [-0.39, 0.29) is 5.56 Å². The molecule has 2 N–H and O–H groups in total. The number of para-hydroxylation sites is 1. The van der Waals surface area contributed by atoms with Crippen LogP contribution in [-0.4, -0.2) is 33.6 Å². The Morgan fingerprint density at radius 3 is 2.87 bits per heavy atom. The molecule has 0 fully saturated rings. The van der Waals surface area contributed by atoms with Crippen LogP contribution in [0.5, 0.6) is 5.75 Å². The minimum Gasteiger partial charge on any atom is -0.493 e. The molecule has 0 radical (unpaired) electrons. The quantitative estimate of drug-likeness (QED) is 0.750. The molecule has 0 spiro atoms. The van der Waals surface area contributed by atoms with Gasteiger partial charge < -0.3 is 15.0 Å². The van der Waals surface area contributed by atoms with Gasteiger partial charge in [-0.15, -0.1) is 0 Å². The molecule has 0 saturated heterocycles. The lowest BCUT2D eigenvalue weighted by Gasteiger charge is -2.10. The second-order valence-electron chi connectivity index (χ2n) is 4.94. The van der Waals surface area contributed by atoms with E-state index in [1.165, 1.54) is 6.20 Å². The van der Waals surface area contributed by atoms with Gasteiger partial charge in [0.2, 0.25) is 5.95 Å². The fraction of sp³-hybridized carbons (Fsp3) is 0.250. The van der Waals surface area contributed by atoms with Crippen LogP contribution in [0.3, 0.4) is 0 Å². The Balaban J connectivity index is 2.15. The van der Waals surface area contributed by atoms with Gasteiger partial charge in [0.05, 0.1) is 12.2 Å². The monoisotopic (exact) mass is 311 g/mol. The standard InChI is InChI=1S/C16H17N5O2/c1-3-8-23-12-7-5-4-6-10(12)13-19-14-11(15(22)20-13)9-18-16(17-2)21-14/h4-7,9H,3,8H2,1-2H3,(H2,17,18,19,20,21,22). The Morgan fingerprint density at radius 2 is 2.09 bits per heavy atom. The van der Waals surface area contributed by atoms with Crippen molar-refractivity contribution in [3.8, 4) is 17.1 Å². The third kappa shape index (κ3) is 2.98. The number of rotatable bonds is 5. The lowest BCUT2D eigenvalue weighted by atomic mass is 10.2. The molecule has 0 aliphatic carbocycles. The first-order chi connectivity index (χ1) is 11.2. The van der Waals surface area contributed by atoms with Crippen LogP contribution in [0.4, 0.5) is 5.95 Å². The zero-order chi connectivity index (χ0) is 16.2. The van der Waals surface area contributed by atoms with Gasteiger partial charge in [0, 0.05) is 13.2 Å². The van der Waals surface area contributed by atoms with E-state index < -0.39 is 0 Å². The number of nitrogens with zero attached hydrogens (tertiary/aromatic N) is 3. The van der Waals surface area contributed by atoms with E-state index in [2.05, 4.69) is 25.3 Å². The summed E-state index contributed by atoms with van der Waals surface area (Å²) in [6.45, 7) is 2.63. The minimum atomic E-state index is -0.280. The smallest absolute Gasteiger partial charge is 0.262 e. The molecule has 1 aromatic carbocycles. The van der Waals surface area contributed by atoms with Crippen molar-refractivity contribution in [2.24, 2.45) is 0 Å². The zero-order valence-corrected chi connectivity index (χ0v) is 13.0. The van der Waals surface area contributed by atoms with Crippen LogP contribution >= 0.6 is 0 Å². The Hall–Kier alpha value is -2.96. The fourth-order valence-electron chi connectivity index (χ4n) is 2.18. The number of aromatic amines is 1. The first kappa shape index (κ1) is 15.0. The molecule has 0 aliphatic rings. The highest BCUT2D eigenvalue weighted by atomic mass is 16.5. The molecule has 23 heavy (non-hydrogen) atoms. The Kier molecular flexibility index (Phi) is 4.18. The topological polar surface area (TPSA) is 92.8 Å². The summed E-state index contributed by atoms with van der Waals surface area (Å²) in [6.07, 6.45) is 2.36. The van der Waals surface area contributed by atoms with E-state index in [0.29, 0.717) is 35.2 Å². The number of anilines is 1. The maximum Gasteiger partial charge on any atom is 0.262 e. The van der Waals surface area contributed by atoms with Gasteiger partial charge in [-0.2, -0.15) is 4.98 Å². The molecule has 7 heteroatoms. The molecule has 0 unspecified atom stereocenters. The van der Waals surface area contributed by atoms with Crippen molar-refractivity contribution in [3.63, 3.8) is 0 Å². The first-order valence-electron chi connectivity index (χ1n) is 7.40. The average Bonchev–Trinajstić information content (AvgIpc) is 2.59. The van der Waals surface area contributed by atoms with Gasteiger partial charge in [-0.3, -0.25) is 4.79 Å². The molecule has 0 bridgehead atoms. The number of fused-ring (bicyclic) bond motifs is 1. The van der Waals surface area contributed by atoms with Gasteiger partial charge in [0.25, 0.3) is 5.56 Å². The molecule has 118 valence electrons. The summed E-state index contributed by atoms with van der Waals surface area (Å²) in [5.41, 5.74) is 0.788. The summed E-state index contributed by atoms with van der Waals surface area (Å²) >= 11 is 0. The molecule has 7 nitrogen and oxygen atoms in total. The summed E-state index contributed by atoms with van der Waals surface area (Å²) in [5, 5.41) is 3.18. The van der Waals surface area contributed by atoms with Crippen LogP contribution in [0.25, 0.3) is 22.4 Å². The van der Waals surface area contributed by atoms with Gasteiger partial charge in [0.15, 0.2) is 5.65 Å². The van der Waals surface area contributed by atoms with Gasteiger partial charge in [-0.25, -0.2) is 9.97 Å². The van der Waals surface area contributed by atoms with Gasteiger partial charge in [-0.1, -0.05) is 19.1 Å². The van der Waals surface area contributed by atoms with E-state index >= 15 is 0 Å². The summed E-state index contributed by atoms with van der Waals surface area (Å²) in [4.78, 5) is 27.8. The highest BCUT2D eigenvalue weighted by Crippen LogP contribution is 2.27. The van der Waals surface area contributed by atoms with E-state index in [0.717, 1.165) is 12.0 Å². The predicted molar refractivity (Wildman–Crippen MR) is 88.7 cm³/mol. The number of hydrogen-bond acceptors (Lipinski definition) is 6. The van der Waals surface area contributed by atoms with Crippen LogP contribution in [0, 0.1) is 0 Å². The minimum absolute atomic E-state index is 0.280. The van der Waals surface area contributed by atoms with E-state index in [9.17, 15) is 4.79 Å². The Morgan fingerprint density at radius 1 is 1.26 bits per heavy atom. The summed E-state index contributed by atoms with van der Waals surface area (Å²) in [5.74, 6) is 1.52. The Labute approximate surface area is 132 Å². The van der Waals surface area contributed by atoms with Crippen LogP contribution in [0.15, 0.2) is 35.3 Å². The summed E-state index contributed by atoms with van der Waals surface area (Å²) in [6, 6.07) is 7.47. The number of benzene rings is 1. The van der Waals surface area contributed by atoms with E-state index in [4.69, 9.17) is 4.74 Å². The maximum absolute atomic E-state index is 12.3. The van der Waals surface area contributed by atoms with Crippen LogP contribution in [0.2, 0.25) is 0 Å². The van der Waals surface area contributed by atoms with Crippen molar-refractivity contribution < 1.29 is 4.74 Å². The Bertz CT molecular complexity index is 891. The van der Waals surface area contributed by atoms with Crippen molar-refractivity contribution in [1.29, 1.82) is 0 Å². The lowest BCUT2D eigenvalue weighted by molar-refractivity contribution is 0.318. The molecule has 0 atom stereocenters. The first-order valence-corrected chi connectivity index (χ1v) is 7.40. The molecule has 2 heterocycles. The van der Waals surface area contributed by atoms with Crippen molar-refractivity contribution in [1.82, 2.24) is 19.9 Å². The van der Waals surface area contributed by atoms with Crippen molar-refractivity contribution in [2.75, 3.05) is 19.0 Å². The predicted octanol–water partition coefficient (Wildman–Crippen LogP) is 2.21. The van der Waals surface area contributed by atoms with Crippen LogP contribution in [-0.2, 0) is 0 Å². The fourth-order valence-corrected chi connectivity index (χ4v) is 2.18. The number of aromatic nitrogens is 4. The molecular formula is C16H17N5O2. The molecular weight excluding hydrogens is 294 g/mol. The summed E-state index contributed by atoms with van der Waals surface area (Å²) in [7, 11) is 1.71. The lowest BCUT2D eigenvalue weighted by Crippen LogP contribution is -2.12. The summed E-state index contributed by atoms with van der Waals surface area (Å²) < 4.78 is 5.73. The molecule has 3 rings (SSSR count). The highest BCUT2D eigenvalue weighted by molar-refractivity contribution is 5.77. The normalized spacial score (nSPS) is 10.7. The van der Waals surface area contributed by atoms with E-state index in [1.807, 2.05) is 31.2 Å². The molecule has 2 aromatic heterocycles. The average molecular weight is 311 g/mol.